The third-order valence-corrected chi connectivity index (χ3v) is 4.88. The van der Waals surface area contributed by atoms with Crippen molar-refractivity contribution in [2.45, 2.75) is 32.4 Å². The van der Waals surface area contributed by atoms with Gasteiger partial charge < -0.3 is 19.4 Å². The van der Waals surface area contributed by atoms with Gasteiger partial charge >= 0.3 is 0 Å². The van der Waals surface area contributed by atoms with E-state index in [1.165, 1.54) is 0 Å². The zero-order valence-corrected chi connectivity index (χ0v) is 16.3. The van der Waals surface area contributed by atoms with Crippen LogP contribution in [0, 0.1) is 0 Å². The molecular weight excluding hydrogens is 370 g/mol. The molecule has 29 heavy (non-hydrogen) atoms. The number of amides is 1. The zero-order valence-electron chi connectivity index (χ0n) is 16.3. The number of nitrogens with one attached hydrogen (secondary N) is 1. The fourth-order valence-electron chi connectivity index (χ4n) is 3.35. The van der Waals surface area contributed by atoms with Crippen molar-refractivity contribution in [3.05, 3.63) is 64.7 Å². The van der Waals surface area contributed by atoms with E-state index >= 15 is 0 Å². The summed E-state index contributed by atoms with van der Waals surface area (Å²) >= 11 is 0. The molecule has 1 amide bonds. The minimum absolute atomic E-state index is 0.153. The van der Waals surface area contributed by atoms with Gasteiger partial charge in [-0.1, -0.05) is 37.6 Å². The third kappa shape index (κ3) is 4.08. The first kappa shape index (κ1) is 19.0. The predicted molar refractivity (Wildman–Crippen MR) is 109 cm³/mol. The van der Waals surface area contributed by atoms with E-state index in [1.807, 2.05) is 24.3 Å². The Morgan fingerprint density at radius 1 is 1.17 bits per heavy atom. The summed E-state index contributed by atoms with van der Waals surface area (Å²) < 4.78 is 11.6. The number of nitrogens with zero attached hydrogens (tertiary/aromatic N) is 2. The van der Waals surface area contributed by atoms with Gasteiger partial charge in [-0.15, -0.1) is 0 Å². The number of para-hydroxylation sites is 3. The molecule has 1 atom stereocenters. The van der Waals surface area contributed by atoms with E-state index in [0.29, 0.717) is 34.8 Å². The van der Waals surface area contributed by atoms with Gasteiger partial charge in [0.25, 0.3) is 11.5 Å². The van der Waals surface area contributed by atoms with Gasteiger partial charge in [-0.2, -0.15) is 0 Å². The normalized spacial score (nSPS) is 15.3. The lowest BCUT2D eigenvalue weighted by molar-refractivity contribution is -0.142. The smallest absolute Gasteiger partial charge is 0.267 e. The average Bonchev–Trinajstić information content (AvgIpc) is 2.76. The zero-order chi connectivity index (χ0) is 20.2. The summed E-state index contributed by atoms with van der Waals surface area (Å²) in [6, 6.07) is 14.5. The maximum Gasteiger partial charge on any atom is 0.267 e. The Hall–Kier alpha value is -3.35. The van der Waals surface area contributed by atoms with Crippen molar-refractivity contribution in [2.75, 3.05) is 13.2 Å². The van der Waals surface area contributed by atoms with Crippen molar-refractivity contribution in [1.82, 2.24) is 14.9 Å². The predicted octanol–water partition coefficient (Wildman–Crippen LogP) is 2.89. The van der Waals surface area contributed by atoms with Gasteiger partial charge in [0.2, 0.25) is 6.10 Å². The Kier molecular flexibility index (Phi) is 5.46. The van der Waals surface area contributed by atoms with E-state index in [-0.39, 0.29) is 24.6 Å². The third-order valence-electron chi connectivity index (χ3n) is 4.88. The highest BCUT2D eigenvalue weighted by atomic mass is 16.6. The van der Waals surface area contributed by atoms with Gasteiger partial charge in [0.1, 0.15) is 12.4 Å². The molecule has 1 aliphatic heterocycles. The van der Waals surface area contributed by atoms with Gasteiger partial charge in [-0.05, 0) is 30.7 Å². The number of aromatic nitrogens is 2. The van der Waals surface area contributed by atoms with E-state index in [2.05, 4.69) is 16.9 Å². The molecule has 3 aromatic rings. The van der Waals surface area contributed by atoms with Crippen LogP contribution >= 0.6 is 0 Å². The Labute approximate surface area is 168 Å². The van der Waals surface area contributed by atoms with Crippen LogP contribution in [0.4, 0.5) is 0 Å². The van der Waals surface area contributed by atoms with Crippen molar-refractivity contribution >= 4 is 16.8 Å². The molecule has 2 aromatic carbocycles. The molecule has 0 fully saturated rings. The van der Waals surface area contributed by atoms with Crippen molar-refractivity contribution in [3.8, 4) is 11.5 Å². The summed E-state index contributed by atoms with van der Waals surface area (Å²) in [7, 11) is 0. The number of carbonyl (C=O) groups excluding carboxylic acids is 1. The molecule has 7 nitrogen and oxygen atoms in total. The fourth-order valence-corrected chi connectivity index (χ4v) is 3.35. The minimum Gasteiger partial charge on any atom is -0.485 e. The average molecular weight is 393 g/mol. The van der Waals surface area contributed by atoms with Crippen LogP contribution in [0.2, 0.25) is 0 Å². The van der Waals surface area contributed by atoms with Crippen LogP contribution in [0.25, 0.3) is 10.9 Å². The number of ether oxygens (including phenoxy) is 2. The largest absolute Gasteiger partial charge is 0.485 e. The summed E-state index contributed by atoms with van der Waals surface area (Å²) in [5, 5.41) is 0.531. The Morgan fingerprint density at radius 2 is 1.93 bits per heavy atom. The number of hydrogen-bond donors (Lipinski definition) is 1. The molecular formula is C22H23N3O4. The number of hydrogen-bond acceptors (Lipinski definition) is 5. The fraction of sp³-hybridized carbons (Fsp3) is 0.318. The summed E-state index contributed by atoms with van der Waals surface area (Å²) in [4.78, 5) is 34.5. The van der Waals surface area contributed by atoms with Crippen molar-refractivity contribution in [1.29, 1.82) is 0 Å². The Bertz CT molecular complexity index is 1080. The van der Waals surface area contributed by atoms with Crippen LogP contribution < -0.4 is 15.0 Å². The van der Waals surface area contributed by atoms with Gasteiger partial charge in [0.05, 0.1) is 17.4 Å². The van der Waals surface area contributed by atoms with E-state index in [1.54, 1.807) is 29.2 Å². The topological polar surface area (TPSA) is 84.5 Å². The number of benzene rings is 2. The second-order valence-electron chi connectivity index (χ2n) is 7.01. The van der Waals surface area contributed by atoms with Gasteiger partial charge in [0, 0.05) is 6.54 Å². The van der Waals surface area contributed by atoms with E-state index < -0.39 is 6.10 Å². The summed E-state index contributed by atoms with van der Waals surface area (Å²) in [6.45, 7) is 2.98. The highest BCUT2D eigenvalue weighted by Gasteiger charge is 2.31. The van der Waals surface area contributed by atoms with Crippen molar-refractivity contribution in [3.63, 3.8) is 0 Å². The quantitative estimate of drug-likeness (QED) is 0.696. The summed E-state index contributed by atoms with van der Waals surface area (Å²) in [5.41, 5.74) is 0.403. The lowest BCUT2D eigenvalue weighted by Crippen LogP contribution is -2.46. The molecule has 0 radical (unpaired) electrons. The number of aromatic amines is 1. The van der Waals surface area contributed by atoms with Crippen molar-refractivity contribution in [2.24, 2.45) is 0 Å². The first-order chi connectivity index (χ1) is 14.2. The van der Waals surface area contributed by atoms with E-state index in [0.717, 1.165) is 12.8 Å². The number of carbonyl (C=O) groups is 1. The molecule has 1 aliphatic rings. The highest BCUT2D eigenvalue weighted by molar-refractivity contribution is 5.82. The lowest BCUT2D eigenvalue weighted by Gasteiger charge is -2.30. The molecule has 0 saturated heterocycles. The first-order valence-electron chi connectivity index (χ1n) is 9.81. The second-order valence-corrected chi connectivity index (χ2v) is 7.01. The van der Waals surface area contributed by atoms with Gasteiger partial charge in [-0.3, -0.25) is 9.59 Å². The molecule has 1 N–H and O–H groups in total. The van der Waals surface area contributed by atoms with Crippen LogP contribution in [0.5, 0.6) is 11.5 Å². The standard InChI is InChI=1S/C22H23N3O4/c1-2-3-12-25(13-20-23-16-9-5-4-8-15(16)21(26)24-20)22(27)19-14-28-17-10-6-7-11-18(17)29-19/h4-11,19H,2-3,12-14H2,1H3,(H,23,24,26). The molecule has 2 heterocycles. The molecule has 0 spiro atoms. The number of unbranched alkanes of at least 4 members (excludes halogenated alkanes) is 1. The molecule has 7 heteroatoms. The summed E-state index contributed by atoms with van der Waals surface area (Å²) in [5.74, 6) is 1.47. The molecule has 1 unspecified atom stereocenters. The number of rotatable bonds is 6. The lowest BCUT2D eigenvalue weighted by atomic mass is 10.2. The molecule has 150 valence electrons. The Balaban J connectivity index is 1.56. The van der Waals surface area contributed by atoms with Crippen LogP contribution in [0.3, 0.4) is 0 Å². The number of H-pyrrole nitrogens is 1. The minimum atomic E-state index is -0.728. The first-order valence-corrected chi connectivity index (χ1v) is 9.81. The van der Waals surface area contributed by atoms with Crippen LogP contribution in [-0.4, -0.2) is 40.0 Å². The molecule has 0 saturated carbocycles. The molecule has 1 aromatic heterocycles. The van der Waals surface area contributed by atoms with Crippen LogP contribution in [-0.2, 0) is 11.3 Å². The SMILES string of the molecule is CCCCN(Cc1nc2ccccc2c(=O)[nH]1)C(=O)C1COc2ccccc2O1. The molecule has 4 rings (SSSR count). The van der Waals surface area contributed by atoms with Crippen LogP contribution in [0.1, 0.15) is 25.6 Å². The molecule has 0 aliphatic carbocycles. The second kappa shape index (κ2) is 8.34. The van der Waals surface area contributed by atoms with E-state index in [9.17, 15) is 9.59 Å². The summed E-state index contributed by atoms with van der Waals surface area (Å²) in [6.07, 6.45) is 1.05. The Morgan fingerprint density at radius 3 is 2.76 bits per heavy atom. The maximum absolute atomic E-state index is 13.2. The van der Waals surface area contributed by atoms with Gasteiger partial charge in [-0.25, -0.2) is 4.98 Å². The monoisotopic (exact) mass is 393 g/mol. The van der Waals surface area contributed by atoms with Crippen molar-refractivity contribution < 1.29 is 14.3 Å². The molecule has 0 bridgehead atoms. The highest BCUT2D eigenvalue weighted by Crippen LogP contribution is 2.31. The van der Waals surface area contributed by atoms with E-state index in [4.69, 9.17) is 9.47 Å². The maximum atomic E-state index is 13.2. The van der Waals surface area contributed by atoms with Gasteiger partial charge in [0.15, 0.2) is 11.5 Å². The van der Waals surface area contributed by atoms with Crippen LogP contribution in [0.15, 0.2) is 53.3 Å². The number of fused-ring (bicyclic) bond motifs is 2.